The number of benzene rings is 2. The zero-order chi connectivity index (χ0) is 26.1. The minimum atomic E-state index is -0.812. The van der Waals surface area contributed by atoms with Crippen LogP contribution in [0.25, 0.3) is 22.5 Å². The number of anilines is 1. The second-order valence-electron chi connectivity index (χ2n) is 9.72. The Morgan fingerprint density at radius 1 is 1.11 bits per heavy atom. The van der Waals surface area contributed by atoms with Crippen LogP contribution in [0.4, 0.5) is 14.6 Å². The van der Waals surface area contributed by atoms with Crippen molar-refractivity contribution in [1.82, 2.24) is 20.2 Å². The summed E-state index contributed by atoms with van der Waals surface area (Å²) in [6.07, 6.45) is 2.44. The molecule has 2 aliphatic heterocycles. The molecule has 1 amide bonds. The number of rotatable bonds is 6. The lowest BCUT2D eigenvalue weighted by Crippen LogP contribution is -2.32. The highest BCUT2D eigenvalue weighted by molar-refractivity contribution is 5.97. The third-order valence-corrected chi connectivity index (χ3v) is 7.31. The molecule has 3 aromatic rings. The Morgan fingerprint density at radius 2 is 1.89 bits per heavy atom. The van der Waals surface area contributed by atoms with E-state index in [1.54, 1.807) is 6.07 Å². The molecule has 0 unspecified atom stereocenters. The van der Waals surface area contributed by atoms with Gasteiger partial charge in [0.25, 0.3) is 5.91 Å². The molecule has 0 radical (unpaired) electrons. The molecule has 5 rings (SSSR count). The summed E-state index contributed by atoms with van der Waals surface area (Å²) >= 11 is 0. The first kappa shape index (κ1) is 25.2. The van der Waals surface area contributed by atoms with Gasteiger partial charge in [0.1, 0.15) is 17.2 Å². The molecular formula is C28H31F2N5O2. The summed E-state index contributed by atoms with van der Waals surface area (Å²) in [5.74, 6) is -1.62. The molecular weight excluding hydrogens is 476 g/mol. The van der Waals surface area contributed by atoms with E-state index in [4.69, 9.17) is 10.5 Å². The average molecular weight is 508 g/mol. The number of fused-ring (bicyclic) bond motifs is 1. The predicted molar refractivity (Wildman–Crippen MR) is 138 cm³/mol. The van der Waals surface area contributed by atoms with Gasteiger partial charge < -0.3 is 20.7 Å². The highest BCUT2D eigenvalue weighted by atomic mass is 19.1. The molecule has 2 aliphatic rings. The summed E-state index contributed by atoms with van der Waals surface area (Å²) in [6, 6.07) is 8.60. The molecule has 2 aromatic carbocycles. The predicted octanol–water partition coefficient (Wildman–Crippen LogP) is 4.30. The zero-order valence-corrected chi connectivity index (χ0v) is 21.1. The SMILES string of the molecule is CCN(C)Cc1cc(-c2nc(-c3cc4c(cc3F)C(=O)NCC4)c(N)nc2F)ccc1C1CCOCC1. The number of halogens is 2. The van der Waals surface area contributed by atoms with Gasteiger partial charge in [0.2, 0.25) is 5.95 Å². The summed E-state index contributed by atoms with van der Waals surface area (Å²) in [7, 11) is 2.04. The number of nitrogens with two attached hydrogens (primary N) is 1. The minimum Gasteiger partial charge on any atom is -0.382 e. The van der Waals surface area contributed by atoms with Gasteiger partial charge in [-0.25, -0.2) is 9.37 Å². The number of hydrogen-bond donors (Lipinski definition) is 2. The molecule has 3 N–H and O–H groups in total. The maximum atomic E-state index is 15.1. The van der Waals surface area contributed by atoms with Crippen LogP contribution in [0.3, 0.4) is 0 Å². The Hall–Kier alpha value is -3.43. The van der Waals surface area contributed by atoms with E-state index in [1.165, 1.54) is 11.6 Å². The van der Waals surface area contributed by atoms with E-state index in [-0.39, 0.29) is 34.2 Å². The van der Waals surface area contributed by atoms with E-state index in [0.717, 1.165) is 38.2 Å². The molecule has 194 valence electrons. The first-order valence-corrected chi connectivity index (χ1v) is 12.7. The van der Waals surface area contributed by atoms with Crippen molar-refractivity contribution in [1.29, 1.82) is 0 Å². The second-order valence-corrected chi connectivity index (χ2v) is 9.72. The van der Waals surface area contributed by atoms with E-state index < -0.39 is 11.8 Å². The molecule has 1 fully saturated rings. The van der Waals surface area contributed by atoms with Crippen molar-refractivity contribution in [3.63, 3.8) is 0 Å². The number of carbonyl (C=O) groups is 1. The monoisotopic (exact) mass is 507 g/mol. The van der Waals surface area contributed by atoms with E-state index in [1.807, 2.05) is 25.2 Å². The number of ether oxygens (including phenoxy) is 1. The summed E-state index contributed by atoms with van der Waals surface area (Å²) in [4.78, 5) is 22.7. The summed E-state index contributed by atoms with van der Waals surface area (Å²) in [6.45, 7) is 5.58. The van der Waals surface area contributed by atoms with Gasteiger partial charge in [0.15, 0.2) is 5.82 Å². The third kappa shape index (κ3) is 5.06. The molecule has 37 heavy (non-hydrogen) atoms. The Labute approximate surface area is 215 Å². The minimum absolute atomic E-state index is 0.0120. The van der Waals surface area contributed by atoms with Crippen molar-refractivity contribution in [3.8, 4) is 22.5 Å². The van der Waals surface area contributed by atoms with Crippen LogP contribution >= 0.6 is 0 Å². The van der Waals surface area contributed by atoms with Crippen LogP contribution in [0.15, 0.2) is 30.3 Å². The average Bonchev–Trinajstić information content (AvgIpc) is 2.90. The van der Waals surface area contributed by atoms with E-state index >= 15 is 8.78 Å². The lowest BCUT2D eigenvalue weighted by molar-refractivity contribution is 0.0850. The van der Waals surface area contributed by atoms with Crippen molar-refractivity contribution in [3.05, 3.63) is 64.4 Å². The Morgan fingerprint density at radius 3 is 2.65 bits per heavy atom. The van der Waals surface area contributed by atoms with Gasteiger partial charge in [-0.05, 0) is 73.7 Å². The van der Waals surface area contributed by atoms with Crippen LogP contribution in [0.2, 0.25) is 0 Å². The van der Waals surface area contributed by atoms with Crippen molar-refractivity contribution in [2.24, 2.45) is 0 Å². The molecule has 0 bridgehead atoms. The molecule has 0 atom stereocenters. The van der Waals surface area contributed by atoms with Gasteiger partial charge >= 0.3 is 0 Å². The molecule has 0 saturated carbocycles. The fraction of sp³-hybridized carbons (Fsp3) is 0.393. The van der Waals surface area contributed by atoms with Gasteiger partial charge in [0, 0.05) is 43.0 Å². The number of carbonyl (C=O) groups excluding carboxylic acids is 1. The van der Waals surface area contributed by atoms with Crippen LogP contribution in [-0.4, -0.2) is 54.1 Å². The molecule has 7 nitrogen and oxygen atoms in total. The van der Waals surface area contributed by atoms with Crippen molar-refractivity contribution in [2.45, 2.75) is 38.6 Å². The lowest BCUT2D eigenvalue weighted by atomic mass is 9.87. The van der Waals surface area contributed by atoms with Gasteiger partial charge in [-0.2, -0.15) is 9.37 Å². The third-order valence-electron chi connectivity index (χ3n) is 7.31. The number of amides is 1. The fourth-order valence-electron chi connectivity index (χ4n) is 5.13. The van der Waals surface area contributed by atoms with Crippen LogP contribution < -0.4 is 11.1 Å². The zero-order valence-electron chi connectivity index (χ0n) is 21.1. The smallest absolute Gasteiger partial charge is 0.251 e. The summed E-state index contributed by atoms with van der Waals surface area (Å²) in [5, 5.41) is 2.71. The lowest BCUT2D eigenvalue weighted by Gasteiger charge is -2.26. The Balaban J connectivity index is 1.59. The normalized spacial score (nSPS) is 16.1. The van der Waals surface area contributed by atoms with Crippen molar-refractivity contribution in [2.75, 3.05) is 39.1 Å². The standard InChI is InChI=1S/C28H31F2N5O2/c1-3-35(2)15-19-12-18(4-5-20(19)16-7-10-37-11-8-16)24-26(30)34-27(31)25(33-24)22-13-17-6-9-32-28(36)21(17)14-23(22)29/h4-5,12-14,16H,3,6-11,15H2,1-2H3,(H2,31,34)(H,32,36). The number of nitrogens with zero attached hydrogens (tertiary/aromatic N) is 3. The van der Waals surface area contributed by atoms with E-state index in [2.05, 4.69) is 27.1 Å². The molecule has 1 aromatic heterocycles. The number of aromatic nitrogens is 2. The molecule has 3 heterocycles. The quantitative estimate of drug-likeness (QED) is 0.517. The van der Waals surface area contributed by atoms with Gasteiger partial charge in [-0.3, -0.25) is 4.79 Å². The Bertz CT molecular complexity index is 1340. The van der Waals surface area contributed by atoms with Crippen molar-refractivity contribution >= 4 is 11.7 Å². The van der Waals surface area contributed by atoms with Gasteiger partial charge in [-0.1, -0.05) is 19.1 Å². The largest absolute Gasteiger partial charge is 0.382 e. The highest BCUT2D eigenvalue weighted by Gasteiger charge is 2.25. The van der Waals surface area contributed by atoms with E-state index in [9.17, 15) is 4.79 Å². The van der Waals surface area contributed by atoms with Crippen molar-refractivity contribution < 1.29 is 18.3 Å². The maximum absolute atomic E-state index is 15.1. The van der Waals surface area contributed by atoms with Crippen LogP contribution in [0.5, 0.6) is 0 Å². The number of hydrogen-bond acceptors (Lipinski definition) is 6. The van der Waals surface area contributed by atoms with Crippen LogP contribution in [0, 0.1) is 11.8 Å². The van der Waals surface area contributed by atoms with E-state index in [0.29, 0.717) is 36.6 Å². The number of nitrogen functional groups attached to an aromatic ring is 1. The molecule has 1 saturated heterocycles. The summed E-state index contributed by atoms with van der Waals surface area (Å²) < 4.78 is 35.8. The van der Waals surface area contributed by atoms with Gasteiger partial charge in [0.05, 0.1) is 0 Å². The Kier molecular flexibility index (Phi) is 7.17. The first-order chi connectivity index (χ1) is 17.9. The topological polar surface area (TPSA) is 93.4 Å². The first-order valence-electron chi connectivity index (χ1n) is 12.7. The molecule has 0 spiro atoms. The molecule has 0 aliphatic carbocycles. The van der Waals surface area contributed by atoms with Crippen LogP contribution in [0.1, 0.15) is 52.7 Å². The summed E-state index contributed by atoms with van der Waals surface area (Å²) in [5.41, 5.74) is 10.1. The highest BCUT2D eigenvalue weighted by Crippen LogP contribution is 2.35. The van der Waals surface area contributed by atoms with Crippen LogP contribution in [-0.2, 0) is 17.7 Å². The maximum Gasteiger partial charge on any atom is 0.251 e. The second kappa shape index (κ2) is 10.5. The van der Waals surface area contributed by atoms with Gasteiger partial charge in [-0.15, -0.1) is 0 Å². The molecule has 9 heteroatoms. The number of nitrogens with one attached hydrogen (secondary N) is 1. The fourth-order valence-corrected chi connectivity index (χ4v) is 5.13.